The van der Waals surface area contributed by atoms with Crippen molar-refractivity contribution < 1.29 is 23.5 Å². The van der Waals surface area contributed by atoms with Crippen molar-refractivity contribution in [3.05, 3.63) is 70.5 Å². The first kappa shape index (κ1) is 17.4. The maximum atomic E-state index is 13.4. The maximum Gasteiger partial charge on any atom is 0.341 e. The second kappa shape index (κ2) is 8.07. The van der Waals surface area contributed by atoms with E-state index in [1.165, 1.54) is 30.3 Å². The lowest BCUT2D eigenvalue weighted by Crippen LogP contribution is -2.43. The Bertz CT molecular complexity index is 782. The smallest absolute Gasteiger partial charge is 0.341 e. The van der Waals surface area contributed by atoms with Crippen LogP contribution in [0, 0.1) is 5.82 Å². The van der Waals surface area contributed by atoms with Crippen LogP contribution in [0.25, 0.3) is 0 Å². The summed E-state index contributed by atoms with van der Waals surface area (Å²) in [6, 6.07) is 11.3. The third-order valence-electron chi connectivity index (χ3n) is 2.83. The van der Waals surface area contributed by atoms with E-state index in [1.807, 2.05) is 0 Å². The summed E-state index contributed by atoms with van der Waals surface area (Å²) in [5.41, 5.74) is 4.17. The summed E-state index contributed by atoms with van der Waals surface area (Å²) in [5.74, 6) is -3.11. The number of nitrogens with one attached hydrogen (secondary N) is 2. The first-order chi connectivity index (χ1) is 11.5. The van der Waals surface area contributed by atoms with Crippen LogP contribution in [0.4, 0.5) is 4.39 Å². The number of hydrazine groups is 1. The van der Waals surface area contributed by atoms with Gasteiger partial charge in [0, 0.05) is 10.6 Å². The van der Waals surface area contributed by atoms with Crippen LogP contribution in [0.2, 0.25) is 5.02 Å². The first-order valence-electron chi connectivity index (χ1n) is 6.74. The van der Waals surface area contributed by atoms with Crippen molar-refractivity contribution in [2.75, 3.05) is 6.61 Å². The topological polar surface area (TPSA) is 84.5 Å². The van der Waals surface area contributed by atoms with Gasteiger partial charge in [-0.1, -0.05) is 29.8 Å². The van der Waals surface area contributed by atoms with Crippen LogP contribution in [0.3, 0.4) is 0 Å². The zero-order chi connectivity index (χ0) is 17.5. The predicted octanol–water partition coefficient (Wildman–Crippen LogP) is 2.10. The molecule has 0 spiro atoms. The molecule has 0 aromatic heterocycles. The molecule has 2 N–H and O–H groups in total. The Morgan fingerprint density at radius 3 is 2.50 bits per heavy atom. The highest BCUT2D eigenvalue weighted by atomic mass is 35.5. The molecule has 0 aliphatic rings. The van der Waals surface area contributed by atoms with Crippen LogP contribution >= 0.6 is 11.6 Å². The van der Waals surface area contributed by atoms with Crippen LogP contribution in [0.5, 0.6) is 0 Å². The van der Waals surface area contributed by atoms with E-state index in [-0.39, 0.29) is 11.1 Å². The molecule has 0 bridgehead atoms. The van der Waals surface area contributed by atoms with E-state index >= 15 is 0 Å². The molecule has 2 aromatic carbocycles. The Balaban J connectivity index is 1.80. The quantitative estimate of drug-likeness (QED) is 0.653. The molecular weight excluding hydrogens is 339 g/mol. The molecule has 0 atom stereocenters. The Labute approximate surface area is 141 Å². The number of ether oxygens (including phenoxy) is 1. The normalized spacial score (nSPS) is 9.92. The molecule has 0 unspecified atom stereocenters. The van der Waals surface area contributed by atoms with E-state index < -0.39 is 30.2 Å². The Morgan fingerprint density at radius 1 is 1.04 bits per heavy atom. The lowest BCUT2D eigenvalue weighted by Gasteiger charge is -2.08. The SMILES string of the molecule is O=C(COC(=O)c1ccccc1F)NNC(=O)c1cccc(Cl)c1. The lowest BCUT2D eigenvalue weighted by atomic mass is 10.2. The molecule has 0 fully saturated rings. The number of esters is 1. The van der Waals surface area contributed by atoms with Gasteiger partial charge in [-0.3, -0.25) is 20.4 Å². The van der Waals surface area contributed by atoms with Gasteiger partial charge in [0.1, 0.15) is 5.82 Å². The number of carbonyl (C=O) groups excluding carboxylic acids is 3. The molecule has 6 nitrogen and oxygen atoms in total. The summed E-state index contributed by atoms with van der Waals surface area (Å²) in [7, 11) is 0. The van der Waals surface area contributed by atoms with E-state index in [9.17, 15) is 18.8 Å². The summed E-state index contributed by atoms with van der Waals surface area (Å²) in [6.07, 6.45) is 0. The first-order valence-corrected chi connectivity index (χ1v) is 7.11. The van der Waals surface area contributed by atoms with Gasteiger partial charge in [0.15, 0.2) is 6.61 Å². The second-order valence-corrected chi connectivity index (χ2v) is 5.01. The maximum absolute atomic E-state index is 13.4. The molecule has 0 heterocycles. The van der Waals surface area contributed by atoms with Gasteiger partial charge < -0.3 is 4.74 Å². The molecule has 124 valence electrons. The molecule has 2 rings (SSSR count). The predicted molar refractivity (Wildman–Crippen MR) is 83.7 cm³/mol. The third kappa shape index (κ3) is 4.79. The van der Waals surface area contributed by atoms with Crippen molar-refractivity contribution in [1.82, 2.24) is 10.9 Å². The summed E-state index contributed by atoms with van der Waals surface area (Å²) < 4.78 is 18.0. The number of halogens is 2. The van der Waals surface area contributed by atoms with Crippen LogP contribution < -0.4 is 10.9 Å². The molecule has 8 heteroatoms. The van der Waals surface area contributed by atoms with E-state index in [0.29, 0.717) is 5.02 Å². The summed E-state index contributed by atoms with van der Waals surface area (Å²) in [5, 5.41) is 0.368. The number of benzene rings is 2. The zero-order valence-electron chi connectivity index (χ0n) is 12.2. The van der Waals surface area contributed by atoms with Crippen LogP contribution in [-0.4, -0.2) is 24.4 Å². The fraction of sp³-hybridized carbons (Fsp3) is 0.0625. The number of hydrogen-bond donors (Lipinski definition) is 2. The highest BCUT2D eigenvalue weighted by Gasteiger charge is 2.14. The largest absolute Gasteiger partial charge is 0.452 e. The van der Waals surface area contributed by atoms with E-state index in [4.69, 9.17) is 11.6 Å². The third-order valence-corrected chi connectivity index (χ3v) is 3.07. The molecular formula is C16H12ClFN2O4. The number of carbonyl (C=O) groups is 3. The number of hydrogen-bond acceptors (Lipinski definition) is 4. The van der Waals surface area contributed by atoms with Gasteiger partial charge in [0.25, 0.3) is 11.8 Å². The molecule has 24 heavy (non-hydrogen) atoms. The molecule has 0 saturated heterocycles. The average molecular weight is 351 g/mol. The monoisotopic (exact) mass is 350 g/mol. The molecule has 2 amide bonds. The fourth-order valence-corrected chi connectivity index (χ4v) is 1.89. The minimum absolute atomic E-state index is 0.242. The molecule has 2 aromatic rings. The van der Waals surface area contributed by atoms with Gasteiger partial charge in [0.05, 0.1) is 5.56 Å². The number of amides is 2. The van der Waals surface area contributed by atoms with E-state index in [0.717, 1.165) is 6.07 Å². The van der Waals surface area contributed by atoms with Crippen LogP contribution in [0.15, 0.2) is 48.5 Å². The van der Waals surface area contributed by atoms with Gasteiger partial charge >= 0.3 is 5.97 Å². The van der Waals surface area contributed by atoms with Gasteiger partial charge in [-0.25, -0.2) is 9.18 Å². The fourth-order valence-electron chi connectivity index (χ4n) is 1.70. The van der Waals surface area contributed by atoms with Crippen LogP contribution in [-0.2, 0) is 9.53 Å². The van der Waals surface area contributed by atoms with Gasteiger partial charge in [0.2, 0.25) is 0 Å². The lowest BCUT2D eigenvalue weighted by molar-refractivity contribution is -0.125. The molecule has 0 saturated carbocycles. The minimum atomic E-state index is -0.982. The van der Waals surface area contributed by atoms with Gasteiger partial charge in [-0.15, -0.1) is 0 Å². The van der Waals surface area contributed by atoms with Crippen LogP contribution in [0.1, 0.15) is 20.7 Å². The minimum Gasteiger partial charge on any atom is -0.452 e. The van der Waals surface area contributed by atoms with Crippen molar-refractivity contribution in [3.63, 3.8) is 0 Å². The molecule has 0 radical (unpaired) electrons. The van der Waals surface area contributed by atoms with E-state index in [1.54, 1.807) is 12.1 Å². The standard InChI is InChI=1S/C16H12ClFN2O4/c17-11-5-3-4-10(8-11)15(22)20-19-14(21)9-24-16(23)12-6-1-2-7-13(12)18/h1-8H,9H2,(H,19,21)(H,20,22). The average Bonchev–Trinajstić information content (AvgIpc) is 2.58. The second-order valence-electron chi connectivity index (χ2n) is 4.57. The highest BCUT2D eigenvalue weighted by molar-refractivity contribution is 6.30. The zero-order valence-corrected chi connectivity index (χ0v) is 13.0. The van der Waals surface area contributed by atoms with Crippen molar-refractivity contribution in [3.8, 4) is 0 Å². The van der Waals surface area contributed by atoms with Crippen molar-refractivity contribution >= 4 is 29.4 Å². The number of rotatable bonds is 4. The van der Waals surface area contributed by atoms with Gasteiger partial charge in [-0.05, 0) is 30.3 Å². The van der Waals surface area contributed by atoms with Crippen molar-refractivity contribution in [2.45, 2.75) is 0 Å². The van der Waals surface area contributed by atoms with Crippen molar-refractivity contribution in [2.24, 2.45) is 0 Å². The Kier molecular flexibility index (Phi) is 5.86. The Hall–Kier alpha value is -2.93. The molecule has 0 aliphatic heterocycles. The highest BCUT2D eigenvalue weighted by Crippen LogP contribution is 2.10. The molecule has 0 aliphatic carbocycles. The van der Waals surface area contributed by atoms with Gasteiger partial charge in [-0.2, -0.15) is 0 Å². The summed E-state index contributed by atoms with van der Waals surface area (Å²) in [4.78, 5) is 34.9. The van der Waals surface area contributed by atoms with Crippen molar-refractivity contribution in [1.29, 1.82) is 0 Å². The Morgan fingerprint density at radius 2 is 1.79 bits per heavy atom. The summed E-state index contributed by atoms with van der Waals surface area (Å²) in [6.45, 7) is -0.678. The van der Waals surface area contributed by atoms with E-state index in [2.05, 4.69) is 15.6 Å². The summed E-state index contributed by atoms with van der Waals surface area (Å²) >= 11 is 5.75.